The normalized spacial score (nSPS) is 27.2. The molecule has 3 heteroatoms. The topological polar surface area (TPSA) is 0 Å². The van der Waals surface area contributed by atoms with E-state index in [1.165, 1.54) is 82.3 Å². The van der Waals surface area contributed by atoms with Crippen molar-refractivity contribution in [2.45, 2.75) is 83.5 Å². The smallest absolute Gasteiger partial charge is 0.152 e. The van der Waals surface area contributed by atoms with E-state index in [0.717, 1.165) is 17.8 Å². The molecule has 0 aliphatic heterocycles. The van der Waals surface area contributed by atoms with Crippen molar-refractivity contribution in [3.8, 4) is 0 Å². The fourth-order valence-electron chi connectivity index (χ4n) is 5.99. The molecule has 2 aliphatic rings. The van der Waals surface area contributed by atoms with E-state index in [0.29, 0.717) is 16.7 Å². The number of hydrogen-bond donors (Lipinski definition) is 0. The van der Waals surface area contributed by atoms with Crippen LogP contribution in [0.1, 0.15) is 89.0 Å². The third kappa shape index (κ3) is 4.63. The molecule has 2 aromatic rings. The summed E-state index contributed by atoms with van der Waals surface area (Å²) >= 11 is 5.73. The minimum absolute atomic E-state index is 0.405. The van der Waals surface area contributed by atoms with Gasteiger partial charge < -0.3 is 0 Å². The summed E-state index contributed by atoms with van der Waals surface area (Å²) < 4.78 is 28.2. The van der Waals surface area contributed by atoms with E-state index in [1.807, 2.05) is 12.1 Å². The molecule has 0 saturated heterocycles. The largest absolute Gasteiger partial charge is 0.205 e. The Morgan fingerprint density at radius 1 is 0.931 bits per heavy atom. The average Bonchev–Trinajstić information content (AvgIpc) is 2.74. The van der Waals surface area contributed by atoms with Crippen LogP contribution in [0.25, 0.3) is 10.8 Å². The predicted molar refractivity (Wildman–Crippen MR) is 119 cm³/mol. The van der Waals surface area contributed by atoms with Crippen LogP contribution < -0.4 is 0 Å². The first-order valence-electron chi connectivity index (χ1n) is 11.6. The molecule has 4 unspecified atom stereocenters. The van der Waals surface area contributed by atoms with Crippen LogP contribution in [0.4, 0.5) is 8.78 Å². The molecular weight excluding hydrogens is 386 g/mol. The standard InChI is InChI=1S/C26H33ClF2/c1-2-3-4-5-6-17-7-8-19-14-20(10-9-18(19)13-17)21-11-12-23-22(15-21)16-24(28)25(27)26(23)29/h11-12,15-20H,2-10,13-14H2,1H3. The van der Waals surface area contributed by atoms with E-state index in [1.54, 1.807) is 6.07 Å². The summed E-state index contributed by atoms with van der Waals surface area (Å²) in [5, 5.41) is 0.634. The molecule has 0 spiro atoms. The van der Waals surface area contributed by atoms with Crippen molar-refractivity contribution in [3.05, 3.63) is 46.5 Å². The lowest BCUT2D eigenvalue weighted by Gasteiger charge is -2.42. The zero-order chi connectivity index (χ0) is 20.4. The van der Waals surface area contributed by atoms with Crippen LogP contribution in [0.2, 0.25) is 5.02 Å². The molecule has 2 aromatic carbocycles. The summed E-state index contributed by atoms with van der Waals surface area (Å²) in [6, 6.07) is 7.18. The quantitative estimate of drug-likeness (QED) is 0.324. The Bertz CT molecular complexity index is 846. The highest BCUT2D eigenvalue weighted by Crippen LogP contribution is 2.48. The van der Waals surface area contributed by atoms with Crippen LogP contribution in [-0.2, 0) is 0 Å². The lowest BCUT2D eigenvalue weighted by atomic mass is 9.63. The van der Waals surface area contributed by atoms with E-state index >= 15 is 0 Å². The van der Waals surface area contributed by atoms with Gasteiger partial charge in [0.15, 0.2) is 5.82 Å². The summed E-state index contributed by atoms with van der Waals surface area (Å²) in [5.41, 5.74) is 1.23. The Morgan fingerprint density at radius 3 is 2.55 bits per heavy atom. The maximum Gasteiger partial charge on any atom is 0.152 e. The number of rotatable bonds is 6. The second-order valence-corrected chi connectivity index (χ2v) is 9.90. The highest BCUT2D eigenvalue weighted by Gasteiger charge is 2.35. The van der Waals surface area contributed by atoms with Gasteiger partial charge in [-0.15, -0.1) is 0 Å². The molecule has 0 heterocycles. The first-order chi connectivity index (χ1) is 14.1. The molecule has 29 heavy (non-hydrogen) atoms. The average molecular weight is 419 g/mol. The van der Waals surface area contributed by atoms with Crippen LogP contribution in [0.5, 0.6) is 0 Å². The Kier molecular flexibility index (Phi) is 6.79. The molecule has 0 bridgehead atoms. The maximum atomic E-state index is 14.3. The second kappa shape index (κ2) is 9.33. The first kappa shape index (κ1) is 21.1. The molecule has 2 fully saturated rings. The van der Waals surface area contributed by atoms with Crippen LogP contribution in [-0.4, -0.2) is 0 Å². The highest BCUT2D eigenvalue weighted by molar-refractivity contribution is 6.31. The van der Waals surface area contributed by atoms with Gasteiger partial charge in [-0.25, -0.2) is 8.78 Å². The van der Waals surface area contributed by atoms with E-state index in [2.05, 4.69) is 6.92 Å². The number of benzene rings is 2. The third-order valence-corrected chi connectivity index (χ3v) is 8.00. The van der Waals surface area contributed by atoms with Crippen molar-refractivity contribution < 1.29 is 8.78 Å². The van der Waals surface area contributed by atoms with Crippen LogP contribution in [0.15, 0.2) is 24.3 Å². The first-order valence-corrected chi connectivity index (χ1v) is 12.0. The van der Waals surface area contributed by atoms with Crippen molar-refractivity contribution in [3.63, 3.8) is 0 Å². The number of unbranched alkanes of at least 4 members (excludes halogenated alkanes) is 3. The van der Waals surface area contributed by atoms with Gasteiger partial charge in [0, 0.05) is 5.39 Å². The number of hydrogen-bond acceptors (Lipinski definition) is 0. The molecule has 2 aliphatic carbocycles. The molecule has 158 valence electrons. The van der Waals surface area contributed by atoms with E-state index in [9.17, 15) is 8.78 Å². The molecule has 4 rings (SSSR count). The van der Waals surface area contributed by atoms with Gasteiger partial charge in [0.25, 0.3) is 0 Å². The zero-order valence-electron chi connectivity index (χ0n) is 17.5. The minimum Gasteiger partial charge on any atom is -0.205 e. The number of halogens is 3. The van der Waals surface area contributed by atoms with E-state index in [4.69, 9.17) is 11.6 Å². The van der Waals surface area contributed by atoms with Gasteiger partial charge in [-0.3, -0.25) is 0 Å². The zero-order valence-corrected chi connectivity index (χ0v) is 18.3. The lowest BCUT2D eigenvalue weighted by Crippen LogP contribution is -2.30. The summed E-state index contributed by atoms with van der Waals surface area (Å²) in [6.07, 6.45) is 14.9. The fourth-order valence-corrected chi connectivity index (χ4v) is 6.14. The Labute approximate surface area is 179 Å². The van der Waals surface area contributed by atoms with Crippen LogP contribution in [0, 0.1) is 29.4 Å². The predicted octanol–water partition coefficient (Wildman–Crippen LogP) is 9.04. The summed E-state index contributed by atoms with van der Waals surface area (Å²) in [4.78, 5) is 0. The summed E-state index contributed by atoms with van der Waals surface area (Å²) in [5.74, 6) is 1.87. The van der Waals surface area contributed by atoms with Gasteiger partial charge >= 0.3 is 0 Å². The highest BCUT2D eigenvalue weighted by atomic mass is 35.5. The van der Waals surface area contributed by atoms with Gasteiger partial charge in [0.05, 0.1) is 0 Å². The van der Waals surface area contributed by atoms with Gasteiger partial charge in [0.2, 0.25) is 0 Å². The molecule has 0 amide bonds. The third-order valence-electron chi connectivity index (χ3n) is 7.66. The van der Waals surface area contributed by atoms with Gasteiger partial charge in [-0.05, 0) is 72.8 Å². The summed E-state index contributed by atoms with van der Waals surface area (Å²) in [7, 11) is 0. The van der Waals surface area contributed by atoms with Gasteiger partial charge in [-0.2, -0.15) is 0 Å². The SMILES string of the molecule is CCCCCCC1CCC2CC(c3ccc4c(F)c(Cl)c(F)cc4c3)CCC2C1. The van der Waals surface area contributed by atoms with Crippen molar-refractivity contribution in [1.82, 2.24) is 0 Å². The molecule has 2 saturated carbocycles. The van der Waals surface area contributed by atoms with E-state index in [-0.39, 0.29) is 0 Å². The Balaban J connectivity index is 1.40. The van der Waals surface area contributed by atoms with Crippen molar-refractivity contribution in [2.24, 2.45) is 17.8 Å². The molecular formula is C26H33ClF2. The van der Waals surface area contributed by atoms with Crippen molar-refractivity contribution in [1.29, 1.82) is 0 Å². The van der Waals surface area contributed by atoms with Crippen LogP contribution in [0.3, 0.4) is 0 Å². The lowest BCUT2D eigenvalue weighted by molar-refractivity contribution is 0.113. The minimum atomic E-state index is -0.671. The second-order valence-electron chi connectivity index (χ2n) is 9.53. The van der Waals surface area contributed by atoms with Gasteiger partial charge in [0.1, 0.15) is 10.8 Å². The molecule has 4 atom stereocenters. The Morgan fingerprint density at radius 2 is 1.72 bits per heavy atom. The molecule has 0 radical (unpaired) electrons. The molecule has 0 nitrogen and oxygen atoms in total. The fraction of sp³-hybridized carbons (Fsp3) is 0.615. The van der Waals surface area contributed by atoms with Crippen molar-refractivity contribution in [2.75, 3.05) is 0 Å². The van der Waals surface area contributed by atoms with E-state index < -0.39 is 16.7 Å². The Hall–Kier alpha value is -1.15. The molecule has 0 N–H and O–H groups in total. The van der Waals surface area contributed by atoms with Crippen molar-refractivity contribution >= 4 is 22.4 Å². The monoisotopic (exact) mass is 418 g/mol. The summed E-state index contributed by atoms with van der Waals surface area (Å²) in [6.45, 7) is 2.28. The number of fused-ring (bicyclic) bond motifs is 2. The maximum absolute atomic E-state index is 14.3. The molecule has 0 aromatic heterocycles. The van der Waals surface area contributed by atoms with Gasteiger partial charge in [-0.1, -0.05) is 75.2 Å². The van der Waals surface area contributed by atoms with Crippen LogP contribution >= 0.6 is 11.6 Å².